The number of Topliss-reactive ketones (excluding diaryl/α,β-unsaturated/α-hetero) is 1. The van der Waals surface area contributed by atoms with E-state index in [1.807, 2.05) is 13.8 Å². The first-order valence-corrected chi connectivity index (χ1v) is 6.74. The monoisotopic (exact) mass is 234 g/mol. The van der Waals surface area contributed by atoms with E-state index in [-0.39, 0.29) is 11.2 Å². The molecule has 4 nitrogen and oxygen atoms in total. The van der Waals surface area contributed by atoms with E-state index in [9.17, 15) is 13.2 Å². The SMILES string of the molecule is CCC1(CS(=O)(=O)O)C(=O)CCC1(C)C. The molecule has 1 fully saturated rings. The van der Waals surface area contributed by atoms with Crippen molar-refractivity contribution in [3.8, 4) is 0 Å². The molecule has 1 aliphatic carbocycles. The van der Waals surface area contributed by atoms with Gasteiger partial charge in [0.05, 0.1) is 11.2 Å². The average molecular weight is 234 g/mol. The normalized spacial score (nSPS) is 30.8. The molecule has 1 N–H and O–H groups in total. The lowest BCUT2D eigenvalue weighted by molar-refractivity contribution is -0.128. The van der Waals surface area contributed by atoms with E-state index in [0.717, 1.165) is 0 Å². The van der Waals surface area contributed by atoms with Gasteiger partial charge in [-0.25, -0.2) is 0 Å². The van der Waals surface area contributed by atoms with Crippen molar-refractivity contribution in [2.75, 3.05) is 5.75 Å². The van der Waals surface area contributed by atoms with Crippen LogP contribution >= 0.6 is 0 Å². The van der Waals surface area contributed by atoms with Crippen LogP contribution in [0.2, 0.25) is 0 Å². The van der Waals surface area contributed by atoms with Gasteiger partial charge in [0.2, 0.25) is 0 Å². The summed E-state index contributed by atoms with van der Waals surface area (Å²) in [5.41, 5.74) is -1.25. The minimum atomic E-state index is -4.10. The Morgan fingerprint density at radius 2 is 1.93 bits per heavy atom. The molecule has 1 rings (SSSR count). The first-order valence-electron chi connectivity index (χ1n) is 5.13. The van der Waals surface area contributed by atoms with Gasteiger partial charge in [0.1, 0.15) is 5.78 Å². The van der Waals surface area contributed by atoms with E-state index >= 15 is 0 Å². The molecule has 0 aromatic heterocycles. The van der Waals surface area contributed by atoms with Crippen molar-refractivity contribution in [2.45, 2.75) is 40.0 Å². The van der Waals surface area contributed by atoms with Crippen molar-refractivity contribution in [3.05, 3.63) is 0 Å². The first kappa shape index (κ1) is 12.6. The molecule has 0 aliphatic heterocycles. The summed E-state index contributed by atoms with van der Waals surface area (Å²) in [7, 11) is -4.10. The minimum Gasteiger partial charge on any atom is -0.299 e. The molecule has 1 aliphatic rings. The molecule has 0 amide bonds. The Morgan fingerprint density at radius 1 is 1.40 bits per heavy atom. The molecular formula is C10H18O4S. The number of carbonyl (C=O) groups excluding carboxylic acids is 1. The molecule has 5 heteroatoms. The summed E-state index contributed by atoms with van der Waals surface area (Å²) in [5.74, 6) is -0.477. The molecule has 0 saturated heterocycles. The van der Waals surface area contributed by atoms with Crippen LogP contribution in [0.25, 0.3) is 0 Å². The van der Waals surface area contributed by atoms with Crippen molar-refractivity contribution in [2.24, 2.45) is 10.8 Å². The maximum Gasteiger partial charge on any atom is 0.265 e. The van der Waals surface area contributed by atoms with E-state index in [1.165, 1.54) is 0 Å². The van der Waals surface area contributed by atoms with E-state index in [1.54, 1.807) is 6.92 Å². The van der Waals surface area contributed by atoms with Gasteiger partial charge in [-0.3, -0.25) is 9.35 Å². The van der Waals surface area contributed by atoms with Crippen molar-refractivity contribution < 1.29 is 17.8 Å². The fourth-order valence-corrected chi connectivity index (χ4v) is 4.03. The second kappa shape index (κ2) is 3.56. The summed E-state index contributed by atoms with van der Waals surface area (Å²) in [6.45, 7) is 5.59. The van der Waals surface area contributed by atoms with Crippen LogP contribution in [0.4, 0.5) is 0 Å². The van der Waals surface area contributed by atoms with Crippen molar-refractivity contribution in [1.82, 2.24) is 0 Å². The van der Waals surface area contributed by atoms with Gasteiger partial charge in [-0.1, -0.05) is 20.8 Å². The van der Waals surface area contributed by atoms with E-state index in [0.29, 0.717) is 19.3 Å². The summed E-state index contributed by atoms with van der Waals surface area (Å²) in [5, 5.41) is 0. The van der Waals surface area contributed by atoms with Gasteiger partial charge >= 0.3 is 0 Å². The number of rotatable bonds is 3. The fraction of sp³-hybridized carbons (Fsp3) is 0.900. The number of hydrogen-bond acceptors (Lipinski definition) is 3. The van der Waals surface area contributed by atoms with Gasteiger partial charge in [-0.05, 0) is 18.3 Å². The molecule has 1 saturated carbocycles. The Hall–Kier alpha value is -0.420. The molecule has 88 valence electrons. The Morgan fingerprint density at radius 3 is 2.20 bits per heavy atom. The molecule has 1 atom stereocenters. The lowest BCUT2D eigenvalue weighted by Crippen LogP contribution is -2.43. The van der Waals surface area contributed by atoms with Crippen molar-refractivity contribution in [3.63, 3.8) is 0 Å². The van der Waals surface area contributed by atoms with Crippen LogP contribution in [0.3, 0.4) is 0 Å². The highest BCUT2D eigenvalue weighted by Gasteiger charge is 2.55. The molecular weight excluding hydrogens is 216 g/mol. The Labute approximate surface area is 90.8 Å². The van der Waals surface area contributed by atoms with Crippen LogP contribution in [-0.4, -0.2) is 24.5 Å². The van der Waals surface area contributed by atoms with Crippen LogP contribution in [0.15, 0.2) is 0 Å². The summed E-state index contributed by atoms with van der Waals surface area (Å²) >= 11 is 0. The summed E-state index contributed by atoms with van der Waals surface area (Å²) in [6.07, 6.45) is 1.56. The van der Waals surface area contributed by atoms with Gasteiger partial charge in [-0.15, -0.1) is 0 Å². The minimum absolute atomic E-state index is 0.0346. The highest BCUT2D eigenvalue weighted by molar-refractivity contribution is 7.85. The Bertz CT molecular complexity index is 369. The second-order valence-electron chi connectivity index (χ2n) is 4.97. The molecule has 15 heavy (non-hydrogen) atoms. The quantitative estimate of drug-likeness (QED) is 0.754. The van der Waals surface area contributed by atoms with Crippen LogP contribution in [0.5, 0.6) is 0 Å². The highest BCUT2D eigenvalue weighted by Crippen LogP contribution is 2.52. The van der Waals surface area contributed by atoms with Gasteiger partial charge in [0.25, 0.3) is 10.1 Å². The van der Waals surface area contributed by atoms with E-state index in [4.69, 9.17) is 4.55 Å². The maximum atomic E-state index is 11.8. The smallest absolute Gasteiger partial charge is 0.265 e. The van der Waals surface area contributed by atoms with Crippen molar-refractivity contribution >= 4 is 15.9 Å². The van der Waals surface area contributed by atoms with E-state index in [2.05, 4.69) is 0 Å². The number of ketones is 1. The predicted octanol–water partition coefficient (Wildman–Crippen LogP) is 1.66. The molecule has 0 radical (unpaired) electrons. The molecule has 0 heterocycles. The van der Waals surface area contributed by atoms with Gasteiger partial charge < -0.3 is 0 Å². The van der Waals surface area contributed by atoms with Crippen LogP contribution in [0.1, 0.15) is 40.0 Å². The van der Waals surface area contributed by atoms with Crippen LogP contribution in [0, 0.1) is 10.8 Å². The standard InChI is InChI=1S/C10H18O4S/c1-4-10(7-15(12,13)14)8(11)5-6-9(10,2)3/h4-7H2,1-3H3,(H,12,13,14). The fourth-order valence-electron chi connectivity index (χ4n) is 2.65. The van der Waals surface area contributed by atoms with Crippen LogP contribution in [-0.2, 0) is 14.9 Å². The lowest BCUT2D eigenvalue weighted by atomic mass is 9.67. The number of hydrogen-bond donors (Lipinski definition) is 1. The largest absolute Gasteiger partial charge is 0.299 e. The second-order valence-corrected chi connectivity index (χ2v) is 6.42. The van der Waals surface area contributed by atoms with Gasteiger partial charge in [0.15, 0.2) is 0 Å². The third-order valence-electron chi connectivity index (χ3n) is 3.84. The van der Waals surface area contributed by atoms with Gasteiger partial charge in [-0.2, -0.15) is 8.42 Å². The third-order valence-corrected chi connectivity index (χ3v) is 4.70. The lowest BCUT2D eigenvalue weighted by Gasteiger charge is -2.38. The summed E-state index contributed by atoms with van der Waals surface area (Å²) < 4.78 is 30.9. The zero-order valence-electron chi connectivity index (χ0n) is 9.41. The van der Waals surface area contributed by atoms with Gasteiger partial charge in [0, 0.05) is 6.42 Å². The zero-order valence-corrected chi connectivity index (χ0v) is 10.2. The number of carbonyl (C=O) groups is 1. The first-order chi connectivity index (χ1) is 6.65. The third kappa shape index (κ3) is 2.08. The van der Waals surface area contributed by atoms with E-state index < -0.39 is 21.3 Å². The van der Waals surface area contributed by atoms with Crippen molar-refractivity contribution in [1.29, 1.82) is 0 Å². The summed E-state index contributed by atoms with van der Waals surface area (Å²) in [6, 6.07) is 0. The molecule has 0 bridgehead atoms. The molecule has 0 aromatic rings. The zero-order chi connectivity index (χ0) is 11.9. The molecule has 1 unspecified atom stereocenters. The topological polar surface area (TPSA) is 71.4 Å². The highest BCUT2D eigenvalue weighted by atomic mass is 32.2. The Balaban J connectivity index is 3.18. The Kier molecular flexibility index (Phi) is 3.00. The average Bonchev–Trinajstić information content (AvgIpc) is 2.27. The van der Waals surface area contributed by atoms with Crippen LogP contribution < -0.4 is 0 Å². The summed E-state index contributed by atoms with van der Waals surface area (Å²) in [4.78, 5) is 11.8. The maximum absolute atomic E-state index is 11.8. The molecule has 0 aromatic carbocycles. The molecule has 0 spiro atoms. The predicted molar refractivity (Wildman–Crippen MR) is 57.2 cm³/mol.